The van der Waals surface area contributed by atoms with Crippen molar-refractivity contribution in [3.8, 4) is 0 Å². The summed E-state index contributed by atoms with van der Waals surface area (Å²) in [6.07, 6.45) is 40.9. The van der Waals surface area contributed by atoms with Crippen LogP contribution in [0.1, 0.15) is 266 Å². The Kier molecular flexibility index (Phi) is 40.8. The van der Waals surface area contributed by atoms with Gasteiger partial charge in [0.05, 0.1) is 0 Å². The summed E-state index contributed by atoms with van der Waals surface area (Å²) in [5.41, 5.74) is 0. The molecule has 0 radical (unpaired) electrons. The molecule has 0 saturated carbocycles. The Hall–Kier alpha value is -1.59. The van der Waals surface area contributed by atoms with Crippen LogP contribution in [-0.4, -0.2) is 37.2 Å². The van der Waals surface area contributed by atoms with Crippen LogP contribution < -0.4 is 0 Å². The van der Waals surface area contributed by atoms with Gasteiger partial charge in [-0.25, -0.2) is 0 Å². The first-order chi connectivity index (χ1) is 26.7. The fourth-order valence-electron chi connectivity index (χ4n) is 7.28. The van der Waals surface area contributed by atoms with Gasteiger partial charge in [0.1, 0.15) is 13.2 Å². The molecule has 0 aliphatic carbocycles. The molecule has 0 amide bonds. The fraction of sp³-hybridized carbons (Fsp3) is 0.939. The van der Waals surface area contributed by atoms with E-state index in [2.05, 4.69) is 34.6 Å². The number of carbonyl (C=O) groups is 3. The highest BCUT2D eigenvalue weighted by atomic mass is 16.6. The van der Waals surface area contributed by atoms with E-state index in [0.29, 0.717) is 19.3 Å². The Labute approximate surface area is 342 Å². The third-order valence-electron chi connectivity index (χ3n) is 11.0. The lowest BCUT2D eigenvalue weighted by atomic mass is 10.0. The van der Waals surface area contributed by atoms with E-state index >= 15 is 0 Å². The summed E-state index contributed by atoms with van der Waals surface area (Å²) in [5, 5.41) is 0. The van der Waals surface area contributed by atoms with Crippen molar-refractivity contribution in [3.05, 3.63) is 0 Å². The first kappa shape index (κ1) is 53.4. The lowest BCUT2D eigenvalue weighted by molar-refractivity contribution is -0.167. The Morgan fingerprint density at radius 2 is 0.600 bits per heavy atom. The molecule has 55 heavy (non-hydrogen) atoms. The Morgan fingerprint density at radius 3 is 0.891 bits per heavy atom. The smallest absolute Gasteiger partial charge is 0.306 e. The second-order valence-electron chi connectivity index (χ2n) is 17.7. The summed E-state index contributed by atoms with van der Waals surface area (Å²) in [6, 6.07) is 0. The second kappa shape index (κ2) is 42.0. The van der Waals surface area contributed by atoms with E-state index in [9.17, 15) is 14.4 Å². The molecule has 6 nitrogen and oxygen atoms in total. The fourth-order valence-corrected chi connectivity index (χ4v) is 7.28. The van der Waals surface area contributed by atoms with E-state index in [0.717, 1.165) is 69.6 Å². The quantitative estimate of drug-likeness (QED) is 0.0348. The first-order valence-electron chi connectivity index (χ1n) is 24.2. The van der Waals surface area contributed by atoms with E-state index in [4.69, 9.17) is 14.2 Å². The minimum atomic E-state index is -0.761. The van der Waals surface area contributed by atoms with Gasteiger partial charge in [0.2, 0.25) is 0 Å². The molecular formula is C49H94O6. The zero-order chi connectivity index (χ0) is 40.5. The Morgan fingerprint density at radius 1 is 0.345 bits per heavy atom. The molecule has 0 spiro atoms. The van der Waals surface area contributed by atoms with Gasteiger partial charge in [0.15, 0.2) is 6.10 Å². The van der Waals surface area contributed by atoms with Gasteiger partial charge in [0.25, 0.3) is 0 Å². The molecule has 0 aromatic carbocycles. The normalized spacial score (nSPS) is 12.1. The van der Waals surface area contributed by atoms with Crippen molar-refractivity contribution in [2.24, 2.45) is 11.8 Å². The minimum Gasteiger partial charge on any atom is -0.462 e. The third kappa shape index (κ3) is 43.4. The van der Waals surface area contributed by atoms with E-state index in [1.807, 2.05) is 0 Å². The van der Waals surface area contributed by atoms with Crippen LogP contribution in [0.15, 0.2) is 0 Å². The molecule has 0 rings (SSSR count). The molecule has 0 aliphatic rings. The van der Waals surface area contributed by atoms with Gasteiger partial charge in [0, 0.05) is 19.3 Å². The molecule has 0 unspecified atom stereocenters. The monoisotopic (exact) mass is 779 g/mol. The lowest BCUT2D eigenvalue weighted by Crippen LogP contribution is -2.30. The van der Waals surface area contributed by atoms with Crippen molar-refractivity contribution < 1.29 is 28.6 Å². The molecule has 6 heteroatoms. The molecule has 0 saturated heterocycles. The number of esters is 3. The van der Waals surface area contributed by atoms with Crippen molar-refractivity contribution in [2.45, 2.75) is 272 Å². The van der Waals surface area contributed by atoms with Crippen LogP contribution in [0.5, 0.6) is 0 Å². The molecule has 0 aromatic heterocycles. The van der Waals surface area contributed by atoms with E-state index < -0.39 is 6.10 Å². The lowest BCUT2D eigenvalue weighted by Gasteiger charge is -2.18. The maximum atomic E-state index is 12.7. The van der Waals surface area contributed by atoms with E-state index in [1.165, 1.54) is 154 Å². The summed E-state index contributed by atoms with van der Waals surface area (Å²) < 4.78 is 16.7. The average molecular weight is 779 g/mol. The molecule has 1 atom stereocenters. The molecule has 0 aliphatic heterocycles. The second-order valence-corrected chi connectivity index (χ2v) is 17.7. The number of unbranched alkanes of at least 4 members (excludes halogenated alkanes) is 28. The Balaban J connectivity index is 4.32. The zero-order valence-corrected chi connectivity index (χ0v) is 37.6. The molecular weight excluding hydrogens is 685 g/mol. The van der Waals surface area contributed by atoms with Crippen molar-refractivity contribution in [3.63, 3.8) is 0 Å². The number of carbonyl (C=O) groups excluding carboxylic acids is 3. The molecule has 0 heterocycles. The summed E-state index contributed by atoms with van der Waals surface area (Å²) in [6.45, 7) is 11.3. The number of hydrogen-bond donors (Lipinski definition) is 0. The van der Waals surface area contributed by atoms with Crippen LogP contribution in [-0.2, 0) is 28.6 Å². The van der Waals surface area contributed by atoms with Gasteiger partial charge in [-0.2, -0.15) is 0 Å². The summed E-state index contributed by atoms with van der Waals surface area (Å²) in [4.78, 5) is 37.8. The van der Waals surface area contributed by atoms with Gasteiger partial charge in [-0.15, -0.1) is 0 Å². The first-order valence-corrected chi connectivity index (χ1v) is 24.2. The van der Waals surface area contributed by atoms with Crippen molar-refractivity contribution in [1.29, 1.82) is 0 Å². The molecule has 0 N–H and O–H groups in total. The predicted octanol–water partition coefficient (Wildman–Crippen LogP) is 15.4. The molecule has 0 bridgehead atoms. The van der Waals surface area contributed by atoms with Crippen LogP contribution in [0.4, 0.5) is 0 Å². The molecule has 0 fully saturated rings. The number of rotatable bonds is 43. The number of hydrogen-bond acceptors (Lipinski definition) is 6. The average Bonchev–Trinajstić information content (AvgIpc) is 3.15. The van der Waals surface area contributed by atoms with Gasteiger partial charge in [-0.05, 0) is 31.1 Å². The topological polar surface area (TPSA) is 78.9 Å². The molecule has 0 aromatic rings. The number of ether oxygens (including phenoxy) is 3. The highest BCUT2D eigenvalue weighted by molar-refractivity contribution is 5.71. The maximum Gasteiger partial charge on any atom is 0.306 e. The highest BCUT2D eigenvalue weighted by Crippen LogP contribution is 2.17. The van der Waals surface area contributed by atoms with Gasteiger partial charge in [-0.3, -0.25) is 14.4 Å². The highest BCUT2D eigenvalue weighted by Gasteiger charge is 2.19. The van der Waals surface area contributed by atoms with E-state index in [-0.39, 0.29) is 31.1 Å². The van der Waals surface area contributed by atoms with Gasteiger partial charge in [-0.1, -0.05) is 227 Å². The minimum absolute atomic E-state index is 0.0649. The van der Waals surface area contributed by atoms with Crippen LogP contribution in [0.25, 0.3) is 0 Å². The zero-order valence-electron chi connectivity index (χ0n) is 37.6. The third-order valence-corrected chi connectivity index (χ3v) is 11.0. The summed E-state index contributed by atoms with van der Waals surface area (Å²) in [7, 11) is 0. The van der Waals surface area contributed by atoms with Crippen LogP contribution in [0, 0.1) is 11.8 Å². The van der Waals surface area contributed by atoms with Crippen molar-refractivity contribution in [2.75, 3.05) is 13.2 Å². The van der Waals surface area contributed by atoms with Crippen molar-refractivity contribution >= 4 is 17.9 Å². The van der Waals surface area contributed by atoms with Crippen LogP contribution in [0.2, 0.25) is 0 Å². The Bertz CT molecular complexity index is 839. The molecule has 326 valence electrons. The van der Waals surface area contributed by atoms with Gasteiger partial charge >= 0.3 is 17.9 Å². The largest absolute Gasteiger partial charge is 0.462 e. The van der Waals surface area contributed by atoms with Crippen LogP contribution in [0.3, 0.4) is 0 Å². The van der Waals surface area contributed by atoms with Gasteiger partial charge < -0.3 is 14.2 Å². The maximum absolute atomic E-state index is 12.7. The SMILES string of the molecule is CCCCCCCCCCCCCCCCC(=O)O[C@@H](COC(=O)CCCCCCCCCCCCC(C)C)COC(=O)CCCCCCCCCC(C)C. The summed E-state index contributed by atoms with van der Waals surface area (Å²) >= 11 is 0. The summed E-state index contributed by atoms with van der Waals surface area (Å²) in [5.74, 6) is 0.744. The predicted molar refractivity (Wildman–Crippen MR) is 233 cm³/mol. The van der Waals surface area contributed by atoms with E-state index in [1.54, 1.807) is 0 Å². The standard InChI is InChI=1S/C49H94O6/c1-6-7-8-9-10-11-12-13-14-15-20-25-31-36-41-49(52)55-46(43-54-48(51)40-35-30-26-21-23-28-33-38-45(4)5)42-53-47(50)39-34-29-24-19-17-16-18-22-27-32-37-44(2)3/h44-46H,6-43H2,1-5H3/t46-/m0/s1. The van der Waals surface area contributed by atoms with Crippen LogP contribution >= 0.6 is 0 Å². The van der Waals surface area contributed by atoms with Crippen molar-refractivity contribution in [1.82, 2.24) is 0 Å².